The molecule has 1 aromatic heterocycles. The molecule has 0 aliphatic rings. The van der Waals surface area contributed by atoms with E-state index in [-0.39, 0.29) is 11.6 Å². The zero-order chi connectivity index (χ0) is 16.4. The van der Waals surface area contributed by atoms with Gasteiger partial charge in [-0.2, -0.15) is 0 Å². The van der Waals surface area contributed by atoms with Crippen LogP contribution in [0.15, 0.2) is 59.6 Å². The first-order valence-electron chi connectivity index (χ1n) is 7.32. The number of halogens is 1. The van der Waals surface area contributed by atoms with Crippen LogP contribution < -0.4 is 0 Å². The van der Waals surface area contributed by atoms with Crippen molar-refractivity contribution < 1.29 is 9.50 Å². The third kappa shape index (κ3) is 3.16. The monoisotopic (exact) mass is 308 g/mol. The van der Waals surface area contributed by atoms with Crippen molar-refractivity contribution in [3.8, 4) is 11.4 Å². The molecule has 0 amide bonds. The van der Waals surface area contributed by atoms with Gasteiger partial charge in [0.25, 0.3) is 0 Å². The number of aromatic hydroxyl groups is 1. The number of nitrogens with zero attached hydrogens (tertiary/aromatic N) is 2. The molecule has 0 saturated carbocycles. The summed E-state index contributed by atoms with van der Waals surface area (Å²) in [5.41, 5.74) is 4.79. The molecule has 0 bridgehead atoms. The average Bonchev–Trinajstić information content (AvgIpc) is 2.82. The summed E-state index contributed by atoms with van der Waals surface area (Å²) in [4.78, 5) is 4.43. The van der Waals surface area contributed by atoms with Crippen LogP contribution in [0.4, 0.5) is 10.1 Å². The molecule has 1 N–H and O–H groups in total. The first-order valence-corrected chi connectivity index (χ1v) is 7.32. The molecule has 0 unspecified atom stereocenters. The first-order chi connectivity index (χ1) is 11.0. The minimum atomic E-state index is -0.245. The van der Waals surface area contributed by atoms with Gasteiger partial charge in [-0.05, 0) is 68.4 Å². The maximum Gasteiger partial charge on any atom is 0.123 e. The fourth-order valence-corrected chi connectivity index (χ4v) is 2.59. The smallest absolute Gasteiger partial charge is 0.123 e. The van der Waals surface area contributed by atoms with Crippen molar-refractivity contribution in [2.75, 3.05) is 0 Å². The van der Waals surface area contributed by atoms with Gasteiger partial charge in [-0.25, -0.2) is 4.39 Å². The minimum absolute atomic E-state index is 0.221. The summed E-state index contributed by atoms with van der Waals surface area (Å²) in [5, 5.41) is 9.29. The van der Waals surface area contributed by atoms with Crippen LogP contribution in [0.25, 0.3) is 5.69 Å². The van der Waals surface area contributed by atoms with E-state index in [9.17, 15) is 9.50 Å². The van der Waals surface area contributed by atoms with Crippen LogP contribution in [0.3, 0.4) is 0 Å². The van der Waals surface area contributed by atoms with Gasteiger partial charge in [0, 0.05) is 28.9 Å². The lowest BCUT2D eigenvalue weighted by atomic mass is 10.2. The molecule has 0 fully saturated rings. The highest BCUT2D eigenvalue weighted by Crippen LogP contribution is 2.21. The van der Waals surface area contributed by atoms with Gasteiger partial charge in [-0.15, -0.1) is 0 Å². The second-order valence-corrected chi connectivity index (χ2v) is 5.41. The molecule has 4 heteroatoms. The number of rotatable bonds is 3. The Kier molecular flexibility index (Phi) is 3.98. The van der Waals surface area contributed by atoms with Crippen LogP contribution in [0, 0.1) is 19.7 Å². The molecule has 0 radical (unpaired) electrons. The normalized spacial score (nSPS) is 11.3. The molecule has 0 atom stereocenters. The molecule has 3 rings (SSSR count). The lowest BCUT2D eigenvalue weighted by molar-refractivity contribution is 0.475. The quantitative estimate of drug-likeness (QED) is 0.700. The summed E-state index contributed by atoms with van der Waals surface area (Å²) < 4.78 is 15.2. The summed E-state index contributed by atoms with van der Waals surface area (Å²) in [6.45, 7) is 4.02. The van der Waals surface area contributed by atoms with E-state index in [1.54, 1.807) is 42.6 Å². The molecule has 0 spiro atoms. The molecule has 0 aliphatic carbocycles. The lowest BCUT2D eigenvalue weighted by Crippen LogP contribution is -1.99. The summed E-state index contributed by atoms with van der Waals surface area (Å²) in [5.74, 6) is -0.0243. The van der Waals surface area contributed by atoms with E-state index in [1.165, 1.54) is 12.1 Å². The second-order valence-electron chi connectivity index (χ2n) is 5.41. The Bertz CT molecular complexity index is 846. The van der Waals surface area contributed by atoms with Gasteiger partial charge >= 0.3 is 0 Å². The highest BCUT2D eigenvalue weighted by Gasteiger charge is 2.09. The fraction of sp³-hybridized carbons (Fsp3) is 0.105. The highest BCUT2D eigenvalue weighted by atomic mass is 19.1. The van der Waals surface area contributed by atoms with E-state index in [0.29, 0.717) is 0 Å². The number of aromatic nitrogens is 1. The molecule has 0 saturated heterocycles. The maximum atomic E-state index is 13.1. The number of aliphatic imine (C=N–C) groups is 1. The first kappa shape index (κ1) is 15.0. The predicted octanol–water partition coefficient (Wildman–Crippen LogP) is 4.69. The van der Waals surface area contributed by atoms with Gasteiger partial charge in [0.05, 0.1) is 5.69 Å². The predicted molar refractivity (Wildman–Crippen MR) is 90.6 cm³/mol. The molecule has 3 nitrogen and oxygen atoms in total. The molecule has 0 aliphatic heterocycles. The number of benzene rings is 2. The molecular weight excluding hydrogens is 291 g/mol. The van der Waals surface area contributed by atoms with Crippen LogP contribution >= 0.6 is 0 Å². The average molecular weight is 308 g/mol. The van der Waals surface area contributed by atoms with Gasteiger partial charge in [0.2, 0.25) is 0 Å². The SMILES string of the molecule is Cc1cc(C=Nc2ccc(O)cc2)c(C)n1-c1ccc(F)cc1. The van der Waals surface area contributed by atoms with Crippen molar-refractivity contribution in [1.82, 2.24) is 4.57 Å². The number of phenols is 1. The van der Waals surface area contributed by atoms with Crippen molar-refractivity contribution in [1.29, 1.82) is 0 Å². The Hall–Kier alpha value is -2.88. The number of aryl methyl sites for hydroxylation is 1. The maximum absolute atomic E-state index is 13.1. The van der Waals surface area contributed by atoms with Crippen molar-refractivity contribution in [2.45, 2.75) is 13.8 Å². The molecular formula is C19H17FN2O. The standard InChI is InChI=1S/C19H17FN2O/c1-13-11-15(12-21-17-5-9-19(23)10-6-17)14(2)22(13)18-7-3-16(20)4-8-18/h3-12,23H,1-2H3. The Morgan fingerprint density at radius 2 is 1.65 bits per heavy atom. The molecule has 2 aromatic carbocycles. The third-order valence-corrected chi connectivity index (χ3v) is 3.76. The zero-order valence-electron chi connectivity index (χ0n) is 13.0. The van der Waals surface area contributed by atoms with Gasteiger partial charge in [0.1, 0.15) is 11.6 Å². The van der Waals surface area contributed by atoms with Crippen molar-refractivity contribution in [2.24, 2.45) is 4.99 Å². The van der Waals surface area contributed by atoms with Gasteiger partial charge in [-0.3, -0.25) is 4.99 Å². The summed E-state index contributed by atoms with van der Waals surface area (Å²) in [6.07, 6.45) is 1.80. The van der Waals surface area contributed by atoms with Crippen LogP contribution in [0.2, 0.25) is 0 Å². The largest absolute Gasteiger partial charge is 0.508 e. The van der Waals surface area contributed by atoms with Crippen LogP contribution in [-0.4, -0.2) is 15.9 Å². The fourth-order valence-electron chi connectivity index (χ4n) is 2.59. The molecule has 3 aromatic rings. The molecule has 116 valence electrons. The number of hydrogen-bond donors (Lipinski definition) is 1. The lowest BCUT2D eigenvalue weighted by Gasteiger charge is -2.09. The van der Waals surface area contributed by atoms with E-state index < -0.39 is 0 Å². The summed E-state index contributed by atoms with van der Waals surface area (Å²) in [7, 11) is 0. The van der Waals surface area contributed by atoms with E-state index >= 15 is 0 Å². The second kappa shape index (κ2) is 6.08. The highest BCUT2D eigenvalue weighted by molar-refractivity contribution is 5.84. The van der Waals surface area contributed by atoms with Crippen molar-refractivity contribution in [3.05, 3.63) is 77.4 Å². The van der Waals surface area contributed by atoms with E-state index in [1.807, 2.05) is 19.9 Å². The zero-order valence-corrected chi connectivity index (χ0v) is 13.0. The van der Waals surface area contributed by atoms with E-state index in [0.717, 1.165) is 28.3 Å². The van der Waals surface area contributed by atoms with Crippen LogP contribution in [0.5, 0.6) is 5.75 Å². The minimum Gasteiger partial charge on any atom is -0.508 e. The molecule has 1 heterocycles. The van der Waals surface area contributed by atoms with E-state index in [2.05, 4.69) is 9.56 Å². The number of hydrogen-bond acceptors (Lipinski definition) is 2. The Balaban J connectivity index is 1.94. The Morgan fingerprint density at radius 3 is 2.30 bits per heavy atom. The summed E-state index contributed by atoms with van der Waals surface area (Å²) in [6, 6.07) is 15.2. The van der Waals surface area contributed by atoms with Crippen molar-refractivity contribution in [3.63, 3.8) is 0 Å². The summed E-state index contributed by atoms with van der Waals surface area (Å²) >= 11 is 0. The van der Waals surface area contributed by atoms with Gasteiger partial charge < -0.3 is 9.67 Å². The molecule has 23 heavy (non-hydrogen) atoms. The van der Waals surface area contributed by atoms with Gasteiger partial charge in [-0.1, -0.05) is 0 Å². The van der Waals surface area contributed by atoms with Crippen molar-refractivity contribution >= 4 is 11.9 Å². The van der Waals surface area contributed by atoms with Crippen LogP contribution in [0.1, 0.15) is 17.0 Å². The topological polar surface area (TPSA) is 37.5 Å². The van der Waals surface area contributed by atoms with E-state index in [4.69, 9.17) is 0 Å². The Labute approximate surface area is 134 Å². The van der Waals surface area contributed by atoms with Gasteiger partial charge in [0.15, 0.2) is 0 Å². The third-order valence-electron chi connectivity index (χ3n) is 3.76. The number of phenolic OH excluding ortho intramolecular Hbond substituents is 1. The van der Waals surface area contributed by atoms with Crippen LogP contribution in [-0.2, 0) is 0 Å². The Morgan fingerprint density at radius 1 is 1.00 bits per heavy atom.